The quantitative estimate of drug-likeness (QED) is 0.0984. The second-order valence-corrected chi connectivity index (χ2v) is 9.41. The first-order chi connectivity index (χ1) is 21.5. The average molecular weight is 609 g/mol. The highest BCUT2D eigenvalue weighted by Crippen LogP contribution is 2.36. The number of carbonyl (C=O) groups excluding carboxylic acids is 4. The van der Waals surface area contributed by atoms with E-state index in [1.54, 1.807) is 36.4 Å². The maximum Gasteiger partial charge on any atom is 0.243 e. The number of ether oxygens (including phenoxy) is 4. The van der Waals surface area contributed by atoms with Crippen LogP contribution in [-0.2, 0) is 28.5 Å². The van der Waals surface area contributed by atoms with Crippen LogP contribution in [0.15, 0.2) is 61.7 Å². The lowest BCUT2D eigenvalue weighted by atomic mass is 9.82. The summed E-state index contributed by atoms with van der Waals surface area (Å²) in [6.45, 7) is 11.3. The molecule has 0 aromatic heterocycles. The van der Waals surface area contributed by atoms with Crippen LogP contribution in [0.1, 0.15) is 31.8 Å². The number of carbonyl (C=O) groups is 4. The first kappa shape index (κ1) is 34.1. The molecule has 2 amide bonds. The average Bonchev–Trinajstić information content (AvgIpc) is 3.05. The standard InChI is InChI=1S/C32H40N4O8/c1-3-27(37)35-13-17-43-21-19-41-15-11-33-25-9-10-26(34-12-16-42-20-22-44-18-14-36-28(38)4-2)30-29(25)31(39)23-7-5-6-8-24(23)32(30)40/h3-10,33-34H,1-2,11-22H2,(H,35,37)(H,36,38). The van der Waals surface area contributed by atoms with Gasteiger partial charge in [-0.15, -0.1) is 0 Å². The highest BCUT2D eigenvalue weighted by Gasteiger charge is 2.33. The second-order valence-electron chi connectivity index (χ2n) is 9.41. The Labute approximate surface area is 257 Å². The van der Waals surface area contributed by atoms with Crippen molar-refractivity contribution in [3.8, 4) is 0 Å². The molecule has 0 aliphatic heterocycles. The van der Waals surface area contributed by atoms with E-state index in [0.717, 1.165) is 0 Å². The van der Waals surface area contributed by atoms with Gasteiger partial charge in [0, 0.05) is 48.7 Å². The van der Waals surface area contributed by atoms with Crippen LogP contribution in [0, 0.1) is 0 Å². The Balaban J connectivity index is 1.49. The first-order valence-electron chi connectivity index (χ1n) is 14.4. The van der Waals surface area contributed by atoms with E-state index in [4.69, 9.17) is 18.9 Å². The monoisotopic (exact) mass is 608 g/mol. The van der Waals surface area contributed by atoms with Gasteiger partial charge in [-0.25, -0.2) is 0 Å². The molecule has 0 fully saturated rings. The Morgan fingerprint density at radius 2 is 0.932 bits per heavy atom. The fraction of sp³-hybridized carbons (Fsp3) is 0.375. The third-order valence-electron chi connectivity index (χ3n) is 6.41. The summed E-state index contributed by atoms with van der Waals surface area (Å²) in [5.41, 5.74) is 2.48. The van der Waals surface area contributed by atoms with Gasteiger partial charge in [-0.2, -0.15) is 0 Å². The molecule has 236 valence electrons. The molecule has 44 heavy (non-hydrogen) atoms. The number of ketones is 2. The zero-order valence-electron chi connectivity index (χ0n) is 24.8. The molecule has 0 radical (unpaired) electrons. The van der Waals surface area contributed by atoms with Gasteiger partial charge in [-0.1, -0.05) is 37.4 Å². The van der Waals surface area contributed by atoms with Gasteiger partial charge in [0.05, 0.1) is 64.0 Å². The highest BCUT2D eigenvalue weighted by atomic mass is 16.5. The molecule has 2 aromatic carbocycles. The molecule has 0 saturated heterocycles. The normalized spacial score (nSPS) is 11.7. The van der Waals surface area contributed by atoms with Gasteiger partial charge in [-0.05, 0) is 24.3 Å². The third-order valence-corrected chi connectivity index (χ3v) is 6.41. The summed E-state index contributed by atoms with van der Waals surface area (Å²) >= 11 is 0. The summed E-state index contributed by atoms with van der Waals surface area (Å²) in [6, 6.07) is 10.4. The fourth-order valence-corrected chi connectivity index (χ4v) is 4.31. The molecule has 0 unspecified atom stereocenters. The predicted octanol–water partition coefficient (Wildman–Crippen LogP) is 1.96. The van der Waals surface area contributed by atoms with E-state index >= 15 is 0 Å². The van der Waals surface area contributed by atoms with Crippen LogP contribution >= 0.6 is 0 Å². The number of hydrogen-bond acceptors (Lipinski definition) is 10. The fourth-order valence-electron chi connectivity index (χ4n) is 4.31. The van der Waals surface area contributed by atoms with Crippen LogP contribution < -0.4 is 21.3 Å². The summed E-state index contributed by atoms with van der Waals surface area (Å²) in [5, 5.41) is 11.7. The minimum absolute atomic E-state index is 0.225. The van der Waals surface area contributed by atoms with Crippen molar-refractivity contribution in [3.05, 3.63) is 84.0 Å². The maximum absolute atomic E-state index is 13.6. The number of amides is 2. The van der Waals surface area contributed by atoms with Crippen molar-refractivity contribution in [2.75, 3.05) is 89.7 Å². The molecular formula is C32H40N4O8. The molecule has 0 spiro atoms. The largest absolute Gasteiger partial charge is 0.382 e. The minimum Gasteiger partial charge on any atom is -0.382 e. The van der Waals surface area contributed by atoms with Crippen molar-refractivity contribution < 1.29 is 38.1 Å². The Morgan fingerprint density at radius 3 is 1.30 bits per heavy atom. The number of nitrogens with one attached hydrogen (secondary N) is 4. The Morgan fingerprint density at radius 1 is 0.568 bits per heavy atom. The van der Waals surface area contributed by atoms with E-state index in [9.17, 15) is 19.2 Å². The van der Waals surface area contributed by atoms with Crippen molar-refractivity contribution in [2.24, 2.45) is 0 Å². The van der Waals surface area contributed by atoms with Gasteiger partial charge in [0.1, 0.15) is 0 Å². The van der Waals surface area contributed by atoms with Crippen molar-refractivity contribution in [2.45, 2.75) is 0 Å². The summed E-state index contributed by atoms with van der Waals surface area (Å²) in [5.74, 6) is -0.946. The third kappa shape index (κ3) is 10.4. The Hall–Kier alpha value is -4.36. The van der Waals surface area contributed by atoms with E-state index in [-0.39, 0.29) is 23.4 Å². The topological polar surface area (TPSA) is 153 Å². The molecule has 1 aliphatic carbocycles. The van der Waals surface area contributed by atoms with Gasteiger partial charge in [0.2, 0.25) is 11.8 Å². The molecular weight excluding hydrogens is 568 g/mol. The molecule has 0 bridgehead atoms. The SMILES string of the molecule is C=CC(=O)NCCOCCOCCNc1ccc(NCCOCCOCCNC(=O)C=C)c2c1C(=O)c1ccccc1C2=O. The first-order valence-corrected chi connectivity index (χ1v) is 14.4. The van der Waals surface area contributed by atoms with Crippen molar-refractivity contribution in [3.63, 3.8) is 0 Å². The highest BCUT2D eigenvalue weighted by molar-refractivity contribution is 6.31. The lowest BCUT2D eigenvalue weighted by Gasteiger charge is -2.24. The number of fused-ring (bicyclic) bond motifs is 2. The van der Waals surface area contributed by atoms with Crippen molar-refractivity contribution in [1.82, 2.24) is 10.6 Å². The van der Waals surface area contributed by atoms with Crippen LogP contribution in [0.25, 0.3) is 0 Å². The molecule has 4 N–H and O–H groups in total. The zero-order chi connectivity index (χ0) is 31.6. The molecule has 1 aliphatic rings. The smallest absolute Gasteiger partial charge is 0.243 e. The van der Waals surface area contributed by atoms with Crippen LogP contribution in [0.3, 0.4) is 0 Å². The zero-order valence-corrected chi connectivity index (χ0v) is 24.8. The minimum atomic E-state index is -0.248. The van der Waals surface area contributed by atoms with Crippen LogP contribution in [0.4, 0.5) is 11.4 Å². The van der Waals surface area contributed by atoms with Gasteiger partial charge in [-0.3, -0.25) is 19.2 Å². The molecule has 12 nitrogen and oxygen atoms in total. The summed E-state index contributed by atoms with van der Waals surface area (Å²) in [4.78, 5) is 49.3. The summed E-state index contributed by atoms with van der Waals surface area (Å²) in [7, 11) is 0. The van der Waals surface area contributed by atoms with Gasteiger partial charge >= 0.3 is 0 Å². The maximum atomic E-state index is 13.6. The van der Waals surface area contributed by atoms with Crippen molar-refractivity contribution in [1.29, 1.82) is 0 Å². The van der Waals surface area contributed by atoms with Crippen LogP contribution in [0.5, 0.6) is 0 Å². The van der Waals surface area contributed by atoms with Gasteiger partial charge in [0.25, 0.3) is 0 Å². The molecule has 0 heterocycles. The lowest BCUT2D eigenvalue weighted by Crippen LogP contribution is -2.26. The Kier molecular flexibility index (Phi) is 14.8. The van der Waals surface area contributed by atoms with E-state index in [1.165, 1.54) is 12.2 Å². The lowest BCUT2D eigenvalue weighted by molar-refractivity contribution is -0.117. The molecule has 2 aromatic rings. The van der Waals surface area contributed by atoms with E-state index in [0.29, 0.717) is 113 Å². The van der Waals surface area contributed by atoms with Crippen molar-refractivity contribution >= 4 is 34.8 Å². The van der Waals surface area contributed by atoms with Crippen LogP contribution in [-0.4, -0.2) is 102 Å². The molecule has 12 heteroatoms. The number of hydrogen-bond donors (Lipinski definition) is 4. The number of benzene rings is 2. The van der Waals surface area contributed by atoms with E-state index < -0.39 is 0 Å². The predicted molar refractivity (Wildman–Crippen MR) is 166 cm³/mol. The molecule has 0 saturated carbocycles. The molecule has 0 atom stereocenters. The number of anilines is 2. The van der Waals surface area contributed by atoms with E-state index in [1.807, 2.05) is 0 Å². The Bertz CT molecular complexity index is 1220. The van der Waals surface area contributed by atoms with Gasteiger partial charge < -0.3 is 40.2 Å². The summed E-state index contributed by atoms with van der Waals surface area (Å²) in [6.07, 6.45) is 2.40. The molecule has 3 rings (SSSR count). The second kappa shape index (κ2) is 19.0. The summed E-state index contributed by atoms with van der Waals surface area (Å²) < 4.78 is 22.0. The van der Waals surface area contributed by atoms with Gasteiger partial charge in [0.15, 0.2) is 11.6 Å². The number of rotatable bonds is 22. The van der Waals surface area contributed by atoms with E-state index in [2.05, 4.69) is 34.4 Å². The van der Waals surface area contributed by atoms with Crippen LogP contribution in [0.2, 0.25) is 0 Å².